The van der Waals surface area contributed by atoms with Crippen molar-refractivity contribution >= 4 is 34.9 Å². The summed E-state index contributed by atoms with van der Waals surface area (Å²) in [6, 6.07) is 18.5. The van der Waals surface area contributed by atoms with Crippen LogP contribution in [0.4, 0.5) is 14.5 Å². The lowest BCUT2D eigenvalue weighted by Crippen LogP contribution is -2.36. The van der Waals surface area contributed by atoms with Crippen LogP contribution in [0.5, 0.6) is 5.88 Å². The summed E-state index contributed by atoms with van der Waals surface area (Å²) in [6.45, 7) is 3.15. The molecule has 0 aliphatic carbocycles. The van der Waals surface area contributed by atoms with Crippen LogP contribution in [-0.2, 0) is 16.0 Å². The largest absolute Gasteiger partial charge is 0.456 e. The topological polar surface area (TPSA) is 117 Å². The smallest absolute Gasteiger partial charge is 0.388 e. The number of ketones is 1. The monoisotopic (exact) mass is 637 g/mol. The van der Waals surface area contributed by atoms with Crippen LogP contribution in [0.1, 0.15) is 60.0 Å². The van der Waals surface area contributed by atoms with Crippen LogP contribution in [0, 0.1) is 0 Å². The van der Waals surface area contributed by atoms with Crippen LogP contribution in [0.2, 0.25) is 5.02 Å². The zero-order valence-electron chi connectivity index (χ0n) is 24.8. The van der Waals surface area contributed by atoms with Gasteiger partial charge < -0.3 is 14.8 Å². The number of hydrogen-bond donors (Lipinski definition) is 1. The minimum atomic E-state index is -3.34. The molecule has 0 spiro atoms. The van der Waals surface area contributed by atoms with Crippen LogP contribution in [0.25, 0.3) is 11.1 Å². The molecule has 9 nitrogen and oxygen atoms in total. The number of nitrogens with zero attached hydrogens (tertiary/aromatic N) is 2. The van der Waals surface area contributed by atoms with Crippen molar-refractivity contribution in [2.75, 3.05) is 5.32 Å². The average molecular weight is 638 g/mol. The summed E-state index contributed by atoms with van der Waals surface area (Å²) in [5, 5.41) is 6.96. The van der Waals surface area contributed by atoms with Crippen molar-refractivity contribution in [2.45, 2.75) is 52.4 Å². The van der Waals surface area contributed by atoms with E-state index in [4.69, 9.17) is 21.1 Å². The maximum absolute atomic E-state index is 13.7. The van der Waals surface area contributed by atoms with E-state index in [0.29, 0.717) is 11.3 Å². The van der Waals surface area contributed by atoms with E-state index in [1.54, 1.807) is 51.1 Å². The molecule has 1 N–H and O–H groups in total. The van der Waals surface area contributed by atoms with Crippen LogP contribution in [0.3, 0.4) is 0 Å². The fourth-order valence-corrected chi connectivity index (χ4v) is 4.64. The number of alkyl halides is 2. The van der Waals surface area contributed by atoms with E-state index in [-0.39, 0.29) is 33.7 Å². The number of carbonyl (C=O) groups excluding carboxylic acids is 3. The van der Waals surface area contributed by atoms with Gasteiger partial charge in [0.1, 0.15) is 11.6 Å². The standard InChI is InChI=1S/C33H30ClF2N3O6/c1-19(40)24-15-12-22(34)17-25(24)26-18-28(41)39(38-30(26)44-32(35)36)27(16-20-8-6-5-7-9-20)29(42)37-23-13-10-21(11-14-23)31(43)45-33(2,3)4/h5-15,17-18,27,32H,16H2,1-4H3,(H,37,42)/t27-/m0/s1. The van der Waals surface area contributed by atoms with Gasteiger partial charge in [-0.1, -0.05) is 41.9 Å². The molecule has 0 fully saturated rings. The second-order valence-corrected chi connectivity index (χ2v) is 11.5. The molecule has 0 aliphatic rings. The molecule has 0 aliphatic heterocycles. The predicted octanol–water partition coefficient (Wildman–Crippen LogP) is 6.75. The van der Waals surface area contributed by atoms with Crippen LogP contribution >= 0.6 is 11.6 Å². The summed E-state index contributed by atoms with van der Waals surface area (Å²) in [5.41, 5.74) is -0.333. The fourth-order valence-electron chi connectivity index (χ4n) is 4.47. The summed E-state index contributed by atoms with van der Waals surface area (Å²) in [7, 11) is 0. The van der Waals surface area contributed by atoms with Gasteiger partial charge in [-0.2, -0.15) is 8.78 Å². The lowest BCUT2D eigenvalue weighted by molar-refractivity contribution is -0.119. The quantitative estimate of drug-likeness (QED) is 0.151. The van der Waals surface area contributed by atoms with Gasteiger partial charge in [0.2, 0.25) is 11.8 Å². The van der Waals surface area contributed by atoms with E-state index < -0.39 is 47.4 Å². The molecule has 1 atom stereocenters. The molecule has 0 saturated heterocycles. The number of benzene rings is 3. The van der Waals surface area contributed by atoms with E-state index in [1.807, 2.05) is 0 Å². The first-order valence-electron chi connectivity index (χ1n) is 13.8. The van der Waals surface area contributed by atoms with E-state index in [0.717, 1.165) is 10.7 Å². The van der Waals surface area contributed by atoms with Crippen molar-refractivity contribution in [1.82, 2.24) is 9.78 Å². The highest BCUT2D eigenvalue weighted by Crippen LogP contribution is 2.33. The van der Waals surface area contributed by atoms with Crippen LogP contribution < -0.4 is 15.6 Å². The number of hydrogen-bond acceptors (Lipinski definition) is 7. The molecule has 234 valence electrons. The highest BCUT2D eigenvalue weighted by molar-refractivity contribution is 6.31. The van der Waals surface area contributed by atoms with Gasteiger partial charge in [0, 0.05) is 28.8 Å². The Morgan fingerprint density at radius 2 is 1.62 bits per heavy atom. The van der Waals surface area contributed by atoms with Crippen molar-refractivity contribution in [1.29, 1.82) is 0 Å². The molecule has 1 aromatic heterocycles. The lowest BCUT2D eigenvalue weighted by Gasteiger charge is -2.21. The van der Waals surface area contributed by atoms with Crippen molar-refractivity contribution in [3.05, 3.63) is 111 Å². The zero-order valence-corrected chi connectivity index (χ0v) is 25.6. The van der Waals surface area contributed by atoms with E-state index in [9.17, 15) is 28.0 Å². The molecule has 0 radical (unpaired) electrons. The first kappa shape index (κ1) is 33.0. The second-order valence-electron chi connectivity index (χ2n) is 11.0. The Kier molecular flexibility index (Phi) is 10.1. The van der Waals surface area contributed by atoms with Gasteiger partial charge >= 0.3 is 12.6 Å². The Labute approximate surface area is 262 Å². The number of nitrogens with one attached hydrogen (secondary N) is 1. The van der Waals surface area contributed by atoms with Gasteiger partial charge in [0.05, 0.1) is 11.1 Å². The van der Waals surface area contributed by atoms with Crippen LogP contribution in [-0.4, -0.2) is 39.7 Å². The normalized spacial score (nSPS) is 12.0. The van der Waals surface area contributed by atoms with Crippen molar-refractivity contribution in [3.63, 3.8) is 0 Å². The Morgan fingerprint density at radius 1 is 0.956 bits per heavy atom. The number of amides is 1. The van der Waals surface area contributed by atoms with Gasteiger partial charge in [-0.25, -0.2) is 9.48 Å². The molecular weight excluding hydrogens is 608 g/mol. The third-order valence-electron chi connectivity index (χ3n) is 6.43. The lowest BCUT2D eigenvalue weighted by atomic mass is 9.98. The Bertz CT molecular complexity index is 1770. The predicted molar refractivity (Wildman–Crippen MR) is 165 cm³/mol. The van der Waals surface area contributed by atoms with Crippen LogP contribution in [0.15, 0.2) is 83.7 Å². The fraction of sp³-hybridized carbons (Fsp3) is 0.242. The molecule has 1 amide bonds. The van der Waals surface area contributed by atoms with E-state index in [2.05, 4.69) is 10.4 Å². The minimum Gasteiger partial charge on any atom is -0.456 e. The summed E-state index contributed by atoms with van der Waals surface area (Å²) < 4.78 is 38.0. The highest BCUT2D eigenvalue weighted by atomic mass is 35.5. The molecule has 45 heavy (non-hydrogen) atoms. The van der Waals surface area contributed by atoms with Crippen molar-refractivity contribution in [2.24, 2.45) is 0 Å². The van der Waals surface area contributed by atoms with Crippen molar-refractivity contribution in [3.8, 4) is 17.0 Å². The SMILES string of the molecule is CC(=O)c1ccc(Cl)cc1-c1cc(=O)n([C@@H](Cc2ccccc2)C(=O)Nc2ccc(C(=O)OC(C)(C)C)cc2)nc1OC(F)F. The third kappa shape index (κ3) is 8.60. The van der Waals surface area contributed by atoms with Gasteiger partial charge in [-0.3, -0.25) is 14.4 Å². The molecular formula is C33H30ClF2N3O6. The van der Waals surface area contributed by atoms with Crippen molar-refractivity contribution < 1.29 is 32.6 Å². The Morgan fingerprint density at radius 3 is 2.22 bits per heavy atom. The Hall–Kier alpha value is -4.90. The summed E-state index contributed by atoms with van der Waals surface area (Å²) in [5.74, 6) is -2.33. The molecule has 0 saturated carbocycles. The third-order valence-corrected chi connectivity index (χ3v) is 6.67. The number of rotatable bonds is 10. The number of carbonyl (C=O) groups is 3. The average Bonchev–Trinajstić information content (AvgIpc) is 2.96. The number of esters is 1. The molecule has 1 heterocycles. The molecule has 3 aromatic carbocycles. The zero-order chi connectivity index (χ0) is 32.9. The number of Topliss-reactive ketones (excluding diaryl/α,β-unsaturated/α-hetero) is 1. The number of ether oxygens (including phenoxy) is 2. The second kappa shape index (κ2) is 13.8. The number of aromatic nitrogens is 2. The number of anilines is 1. The maximum Gasteiger partial charge on any atom is 0.388 e. The summed E-state index contributed by atoms with van der Waals surface area (Å²) in [4.78, 5) is 52.0. The van der Waals surface area contributed by atoms with E-state index in [1.165, 1.54) is 49.4 Å². The van der Waals surface area contributed by atoms with E-state index >= 15 is 0 Å². The van der Waals surface area contributed by atoms with Gasteiger partial charge in [0.25, 0.3) is 5.56 Å². The molecule has 0 unspecified atom stereocenters. The first-order chi connectivity index (χ1) is 21.2. The summed E-state index contributed by atoms with van der Waals surface area (Å²) in [6.07, 6.45) is -0.0428. The molecule has 12 heteroatoms. The maximum atomic E-state index is 13.7. The van der Waals surface area contributed by atoms with Gasteiger partial charge in [0.15, 0.2) is 5.78 Å². The first-order valence-corrected chi connectivity index (χ1v) is 14.2. The molecule has 4 rings (SSSR count). The highest BCUT2D eigenvalue weighted by Gasteiger charge is 2.28. The number of halogens is 3. The minimum absolute atomic E-state index is 0.0428. The van der Waals surface area contributed by atoms with Gasteiger partial charge in [-0.15, -0.1) is 5.10 Å². The molecule has 4 aromatic rings. The summed E-state index contributed by atoms with van der Waals surface area (Å²) >= 11 is 6.13. The van der Waals surface area contributed by atoms with Gasteiger partial charge in [-0.05, 0) is 81.3 Å². The Balaban J connectivity index is 1.76. The molecule has 0 bridgehead atoms.